The average Bonchev–Trinajstić information content (AvgIpc) is 2.58. The smallest absolute Gasteiger partial charge is 0.150 e. The molecular weight excluding hydrogens is 244 g/mol. The molecule has 0 saturated carbocycles. The number of hydrogen-bond acceptors (Lipinski definition) is 1. The minimum atomic E-state index is 0.735. The van der Waals surface area contributed by atoms with Crippen LogP contribution >= 0.6 is 0 Å². The van der Waals surface area contributed by atoms with E-state index in [0.717, 1.165) is 23.0 Å². The Bertz CT molecular complexity index is 603. The van der Waals surface area contributed by atoms with Gasteiger partial charge in [-0.25, -0.2) is 0 Å². The predicted octanol–water partition coefficient (Wildman–Crippen LogP) is 4.85. The number of benzene rings is 3. The molecule has 1 heteroatoms. The molecule has 3 aromatic carbocycles. The first-order chi connectivity index (χ1) is 9.92. The van der Waals surface area contributed by atoms with Crippen LogP contribution in [0.4, 0.5) is 0 Å². The molecule has 0 atom stereocenters. The Morgan fingerprint density at radius 3 is 1.55 bits per heavy atom. The molecule has 0 unspecified atom stereocenters. The lowest BCUT2D eigenvalue weighted by molar-refractivity contribution is 0.112. The van der Waals surface area contributed by atoms with E-state index < -0.39 is 0 Å². The summed E-state index contributed by atoms with van der Waals surface area (Å²) in [4.78, 5) is 10.8. The van der Waals surface area contributed by atoms with Crippen LogP contribution in [0.2, 0.25) is 0 Å². The summed E-state index contributed by atoms with van der Waals surface area (Å²) in [5.74, 6) is 0. The molecule has 3 aromatic rings. The van der Waals surface area contributed by atoms with Gasteiger partial charge in [0.25, 0.3) is 0 Å². The van der Waals surface area contributed by atoms with Gasteiger partial charge in [0.15, 0.2) is 6.29 Å². The highest BCUT2D eigenvalue weighted by Crippen LogP contribution is 2.21. The largest absolute Gasteiger partial charge is 0.298 e. The van der Waals surface area contributed by atoms with E-state index >= 15 is 0 Å². The van der Waals surface area contributed by atoms with Crippen molar-refractivity contribution in [2.45, 2.75) is 0 Å². The zero-order valence-electron chi connectivity index (χ0n) is 11.1. The molecular formula is C19H16O. The van der Waals surface area contributed by atoms with Gasteiger partial charge in [-0.1, -0.05) is 91.0 Å². The second-order valence-electron chi connectivity index (χ2n) is 4.23. The van der Waals surface area contributed by atoms with Gasteiger partial charge in [0, 0.05) is 5.56 Å². The summed E-state index contributed by atoms with van der Waals surface area (Å²) in [5.41, 5.74) is 2.80. The number of aldehydes is 1. The van der Waals surface area contributed by atoms with Crippen molar-refractivity contribution in [2.24, 2.45) is 0 Å². The second kappa shape index (κ2) is 7.70. The Balaban J connectivity index is 0.000000205. The Labute approximate surface area is 119 Å². The lowest BCUT2D eigenvalue weighted by Crippen LogP contribution is -1.85. The zero-order chi connectivity index (χ0) is 14.0. The van der Waals surface area contributed by atoms with Crippen LogP contribution in [0.25, 0.3) is 11.1 Å². The summed E-state index contributed by atoms with van der Waals surface area (Å²) < 4.78 is 0. The molecule has 0 heterocycles. The molecule has 0 spiro atoms. The van der Waals surface area contributed by atoms with E-state index in [4.69, 9.17) is 0 Å². The lowest BCUT2D eigenvalue weighted by atomic mass is 10.0. The van der Waals surface area contributed by atoms with E-state index in [1.807, 2.05) is 91.0 Å². The predicted molar refractivity (Wildman–Crippen MR) is 83.7 cm³/mol. The van der Waals surface area contributed by atoms with Crippen molar-refractivity contribution >= 4 is 6.29 Å². The van der Waals surface area contributed by atoms with Crippen LogP contribution in [-0.2, 0) is 0 Å². The molecule has 1 nitrogen and oxygen atoms in total. The maximum absolute atomic E-state index is 10.8. The first kappa shape index (κ1) is 13.8. The van der Waals surface area contributed by atoms with E-state index in [2.05, 4.69) is 0 Å². The molecule has 3 rings (SSSR count). The number of carbonyl (C=O) groups is 1. The molecule has 0 amide bonds. The van der Waals surface area contributed by atoms with Gasteiger partial charge in [-0.05, 0) is 11.1 Å². The van der Waals surface area contributed by atoms with Crippen molar-refractivity contribution in [1.82, 2.24) is 0 Å². The first-order valence-corrected chi connectivity index (χ1v) is 6.51. The van der Waals surface area contributed by atoms with Crippen LogP contribution < -0.4 is 0 Å². The minimum Gasteiger partial charge on any atom is -0.298 e. The van der Waals surface area contributed by atoms with Crippen LogP contribution in [-0.4, -0.2) is 6.29 Å². The van der Waals surface area contributed by atoms with Gasteiger partial charge in [-0.3, -0.25) is 4.79 Å². The molecule has 0 aliphatic rings. The SMILES string of the molecule is O=Cc1ccccc1-c1ccccc1.c1ccccc1. The average molecular weight is 260 g/mol. The number of carbonyl (C=O) groups excluding carboxylic acids is 1. The highest BCUT2D eigenvalue weighted by Gasteiger charge is 2.01. The van der Waals surface area contributed by atoms with Crippen LogP contribution in [0.1, 0.15) is 10.4 Å². The van der Waals surface area contributed by atoms with Crippen LogP contribution in [0.5, 0.6) is 0 Å². The minimum absolute atomic E-state index is 0.735. The fourth-order valence-corrected chi connectivity index (χ4v) is 1.87. The topological polar surface area (TPSA) is 17.1 Å². The molecule has 0 saturated heterocycles. The Morgan fingerprint density at radius 1 is 0.550 bits per heavy atom. The van der Waals surface area contributed by atoms with Gasteiger partial charge < -0.3 is 0 Å². The highest BCUT2D eigenvalue weighted by molar-refractivity contribution is 5.87. The number of rotatable bonds is 2. The summed E-state index contributed by atoms with van der Waals surface area (Å²) in [5, 5.41) is 0. The Morgan fingerprint density at radius 2 is 1.00 bits per heavy atom. The summed E-state index contributed by atoms with van der Waals surface area (Å²) in [7, 11) is 0. The summed E-state index contributed by atoms with van der Waals surface area (Å²) in [6.45, 7) is 0. The van der Waals surface area contributed by atoms with Crippen molar-refractivity contribution in [3.05, 3.63) is 96.6 Å². The molecule has 0 radical (unpaired) electrons. The molecule has 0 fully saturated rings. The third-order valence-corrected chi connectivity index (χ3v) is 2.84. The van der Waals surface area contributed by atoms with Crippen molar-refractivity contribution in [3.8, 4) is 11.1 Å². The highest BCUT2D eigenvalue weighted by atomic mass is 16.1. The maximum atomic E-state index is 10.8. The standard InChI is InChI=1S/C13H10O.C6H6/c14-10-12-8-4-5-9-13(12)11-6-2-1-3-7-11;1-2-4-6-5-3-1/h1-10H;1-6H. The number of hydrogen-bond donors (Lipinski definition) is 0. The van der Waals surface area contributed by atoms with Gasteiger partial charge in [0.05, 0.1) is 0 Å². The fraction of sp³-hybridized carbons (Fsp3) is 0. The molecule has 0 bridgehead atoms. The van der Waals surface area contributed by atoms with Crippen molar-refractivity contribution in [2.75, 3.05) is 0 Å². The third kappa shape index (κ3) is 3.92. The van der Waals surface area contributed by atoms with Gasteiger partial charge in [0.1, 0.15) is 0 Å². The van der Waals surface area contributed by atoms with Gasteiger partial charge in [0.2, 0.25) is 0 Å². The monoisotopic (exact) mass is 260 g/mol. The zero-order valence-corrected chi connectivity index (χ0v) is 11.1. The van der Waals surface area contributed by atoms with Gasteiger partial charge in [-0.2, -0.15) is 0 Å². The normalized spacial score (nSPS) is 9.20. The summed E-state index contributed by atoms with van der Waals surface area (Å²) in [6, 6.07) is 29.5. The van der Waals surface area contributed by atoms with Crippen LogP contribution in [0.15, 0.2) is 91.0 Å². The molecule has 20 heavy (non-hydrogen) atoms. The maximum Gasteiger partial charge on any atom is 0.150 e. The molecule has 0 aromatic heterocycles. The van der Waals surface area contributed by atoms with E-state index in [0.29, 0.717) is 0 Å². The van der Waals surface area contributed by atoms with Gasteiger partial charge >= 0.3 is 0 Å². The third-order valence-electron chi connectivity index (χ3n) is 2.84. The summed E-state index contributed by atoms with van der Waals surface area (Å²) >= 11 is 0. The summed E-state index contributed by atoms with van der Waals surface area (Å²) in [6.07, 6.45) is 0.891. The van der Waals surface area contributed by atoms with Crippen molar-refractivity contribution in [1.29, 1.82) is 0 Å². The van der Waals surface area contributed by atoms with E-state index in [-0.39, 0.29) is 0 Å². The van der Waals surface area contributed by atoms with Crippen LogP contribution in [0, 0.1) is 0 Å². The Kier molecular flexibility index (Phi) is 5.29. The first-order valence-electron chi connectivity index (χ1n) is 6.51. The molecule has 0 aliphatic carbocycles. The quantitative estimate of drug-likeness (QED) is 0.602. The molecule has 0 N–H and O–H groups in total. The van der Waals surface area contributed by atoms with E-state index in [1.54, 1.807) is 0 Å². The lowest BCUT2D eigenvalue weighted by Gasteiger charge is -2.03. The van der Waals surface area contributed by atoms with E-state index in [1.165, 1.54) is 0 Å². The van der Waals surface area contributed by atoms with Gasteiger partial charge in [-0.15, -0.1) is 0 Å². The molecule has 0 aliphatic heterocycles. The van der Waals surface area contributed by atoms with Crippen molar-refractivity contribution in [3.63, 3.8) is 0 Å². The van der Waals surface area contributed by atoms with E-state index in [9.17, 15) is 4.79 Å². The Hall–Kier alpha value is -2.67. The fourth-order valence-electron chi connectivity index (χ4n) is 1.87. The van der Waals surface area contributed by atoms with Crippen LogP contribution in [0.3, 0.4) is 0 Å². The molecule has 98 valence electrons. The van der Waals surface area contributed by atoms with Crippen molar-refractivity contribution < 1.29 is 4.79 Å². The second-order valence-corrected chi connectivity index (χ2v) is 4.23.